The lowest BCUT2D eigenvalue weighted by atomic mass is 9.76. The monoisotopic (exact) mass is 216 g/mol. The maximum absolute atomic E-state index is 11.6. The van der Waals surface area contributed by atoms with Crippen molar-refractivity contribution in [2.45, 2.75) is 19.3 Å². The topological polar surface area (TPSA) is 34.1 Å². The Labute approximate surface area is 96.0 Å². The van der Waals surface area contributed by atoms with E-state index in [2.05, 4.69) is 13.2 Å². The van der Waals surface area contributed by atoms with Crippen LogP contribution in [0.25, 0.3) is 0 Å². The van der Waals surface area contributed by atoms with E-state index >= 15 is 0 Å². The molecule has 0 atom stereocenters. The molecule has 1 aliphatic rings. The number of hydrogen-bond acceptors (Lipinski definition) is 2. The summed E-state index contributed by atoms with van der Waals surface area (Å²) in [4.78, 5) is 22.7. The van der Waals surface area contributed by atoms with Crippen LogP contribution in [0.15, 0.2) is 49.6 Å². The van der Waals surface area contributed by atoms with Crippen molar-refractivity contribution in [1.29, 1.82) is 0 Å². The van der Waals surface area contributed by atoms with Crippen LogP contribution in [0.3, 0.4) is 0 Å². The van der Waals surface area contributed by atoms with E-state index < -0.39 is 0 Å². The van der Waals surface area contributed by atoms with Gasteiger partial charge in [0.05, 0.1) is 0 Å². The minimum atomic E-state index is -0.365. The van der Waals surface area contributed by atoms with Gasteiger partial charge in [-0.2, -0.15) is 0 Å². The van der Waals surface area contributed by atoms with Gasteiger partial charge in [-0.25, -0.2) is 0 Å². The largest absolute Gasteiger partial charge is 0.299 e. The maximum atomic E-state index is 11.6. The normalized spacial score (nSPS) is 17.1. The second-order valence-electron chi connectivity index (χ2n) is 4.00. The summed E-state index contributed by atoms with van der Waals surface area (Å²) < 4.78 is 0. The summed E-state index contributed by atoms with van der Waals surface area (Å²) in [6.07, 6.45) is 11.4. The third-order valence-electron chi connectivity index (χ3n) is 2.58. The van der Waals surface area contributed by atoms with E-state index in [1.165, 1.54) is 12.2 Å². The van der Waals surface area contributed by atoms with Gasteiger partial charge in [0.2, 0.25) is 0 Å². The summed E-state index contributed by atoms with van der Waals surface area (Å²) in [5.41, 5.74) is -0.365. The summed E-state index contributed by atoms with van der Waals surface area (Å²) in [6.45, 7) is 7.23. The fourth-order valence-corrected chi connectivity index (χ4v) is 1.80. The Morgan fingerprint density at radius 3 is 2.38 bits per heavy atom. The molecule has 0 saturated heterocycles. The third kappa shape index (κ3) is 3.16. The number of allylic oxidation sites excluding steroid dienone is 6. The summed E-state index contributed by atoms with van der Waals surface area (Å²) in [7, 11) is 0. The zero-order valence-electron chi connectivity index (χ0n) is 9.32. The fourth-order valence-electron chi connectivity index (χ4n) is 1.80. The van der Waals surface area contributed by atoms with Gasteiger partial charge >= 0.3 is 0 Å². The van der Waals surface area contributed by atoms with Crippen molar-refractivity contribution >= 4 is 11.6 Å². The number of carbonyl (C=O) groups is 2. The SMILES string of the molecule is C=CCC(=O)CC1(CC=C)C=CC(=O)C=C1. The van der Waals surface area contributed by atoms with Crippen LogP contribution in [0.1, 0.15) is 19.3 Å². The van der Waals surface area contributed by atoms with Gasteiger partial charge < -0.3 is 0 Å². The van der Waals surface area contributed by atoms with Crippen molar-refractivity contribution in [3.05, 3.63) is 49.6 Å². The molecule has 0 aliphatic heterocycles. The molecule has 0 amide bonds. The highest BCUT2D eigenvalue weighted by atomic mass is 16.1. The fraction of sp³-hybridized carbons (Fsp3) is 0.286. The molecule has 0 aromatic rings. The molecule has 1 rings (SSSR count). The first kappa shape index (κ1) is 12.4. The molecule has 84 valence electrons. The van der Waals surface area contributed by atoms with E-state index in [9.17, 15) is 9.59 Å². The van der Waals surface area contributed by atoms with Gasteiger partial charge in [0.1, 0.15) is 5.78 Å². The minimum absolute atomic E-state index is 0.0316. The number of hydrogen-bond donors (Lipinski definition) is 0. The Hall–Kier alpha value is -1.70. The molecule has 2 nitrogen and oxygen atoms in total. The summed E-state index contributed by atoms with van der Waals surface area (Å²) in [6, 6.07) is 0. The zero-order chi connectivity index (χ0) is 12.0. The maximum Gasteiger partial charge on any atom is 0.178 e. The minimum Gasteiger partial charge on any atom is -0.299 e. The molecule has 0 bridgehead atoms. The zero-order valence-corrected chi connectivity index (χ0v) is 9.32. The summed E-state index contributed by atoms with van der Waals surface area (Å²) in [5, 5.41) is 0. The first-order valence-corrected chi connectivity index (χ1v) is 5.28. The van der Waals surface area contributed by atoms with E-state index in [0.717, 1.165) is 0 Å². The van der Waals surface area contributed by atoms with E-state index in [4.69, 9.17) is 0 Å². The summed E-state index contributed by atoms with van der Waals surface area (Å²) in [5.74, 6) is 0.0938. The molecule has 1 aliphatic carbocycles. The predicted octanol–water partition coefficient (Wildman–Crippen LogP) is 2.78. The Morgan fingerprint density at radius 2 is 1.88 bits per heavy atom. The lowest BCUT2D eigenvalue weighted by molar-refractivity contribution is -0.119. The van der Waals surface area contributed by atoms with E-state index in [1.54, 1.807) is 24.3 Å². The average molecular weight is 216 g/mol. The van der Waals surface area contributed by atoms with E-state index in [-0.39, 0.29) is 17.0 Å². The van der Waals surface area contributed by atoms with Gasteiger partial charge in [0, 0.05) is 18.3 Å². The molecule has 0 fully saturated rings. The van der Waals surface area contributed by atoms with Crippen molar-refractivity contribution in [1.82, 2.24) is 0 Å². The van der Waals surface area contributed by atoms with Crippen LogP contribution in [-0.4, -0.2) is 11.6 Å². The highest BCUT2D eigenvalue weighted by Gasteiger charge is 2.27. The highest BCUT2D eigenvalue weighted by molar-refractivity contribution is 6.00. The molecule has 0 radical (unpaired) electrons. The Balaban J connectivity index is 2.81. The van der Waals surface area contributed by atoms with Crippen molar-refractivity contribution in [2.24, 2.45) is 5.41 Å². The molecule has 16 heavy (non-hydrogen) atoms. The molecule has 0 unspecified atom stereocenters. The van der Waals surface area contributed by atoms with Gasteiger partial charge in [-0.05, 0) is 18.6 Å². The molecular weight excluding hydrogens is 200 g/mol. The van der Waals surface area contributed by atoms with Crippen molar-refractivity contribution in [3.8, 4) is 0 Å². The van der Waals surface area contributed by atoms with Crippen molar-refractivity contribution in [2.75, 3.05) is 0 Å². The second kappa shape index (κ2) is 5.40. The highest BCUT2D eigenvalue weighted by Crippen LogP contribution is 2.33. The number of carbonyl (C=O) groups excluding carboxylic acids is 2. The Morgan fingerprint density at radius 1 is 1.25 bits per heavy atom. The van der Waals surface area contributed by atoms with Crippen LogP contribution in [0.5, 0.6) is 0 Å². The van der Waals surface area contributed by atoms with Gasteiger partial charge in [-0.15, -0.1) is 13.2 Å². The van der Waals surface area contributed by atoms with E-state index in [1.807, 2.05) is 0 Å². The van der Waals surface area contributed by atoms with Crippen LogP contribution in [0.2, 0.25) is 0 Å². The smallest absolute Gasteiger partial charge is 0.178 e. The average Bonchev–Trinajstić information content (AvgIpc) is 2.23. The number of ketones is 2. The molecule has 0 N–H and O–H groups in total. The van der Waals surface area contributed by atoms with Gasteiger partial charge in [0.15, 0.2) is 5.78 Å². The van der Waals surface area contributed by atoms with Crippen molar-refractivity contribution < 1.29 is 9.59 Å². The first-order valence-electron chi connectivity index (χ1n) is 5.28. The predicted molar refractivity (Wildman–Crippen MR) is 65.0 cm³/mol. The number of rotatable bonds is 6. The molecule has 0 aromatic carbocycles. The van der Waals surface area contributed by atoms with Gasteiger partial charge in [-0.1, -0.05) is 24.3 Å². The summed E-state index contributed by atoms with van der Waals surface area (Å²) >= 11 is 0. The Kier molecular flexibility index (Phi) is 4.18. The Bertz CT molecular complexity index is 356. The van der Waals surface area contributed by atoms with Crippen LogP contribution in [0, 0.1) is 5.41 Å². The quantitative estimate of drug-likeness (QED) is 0.640. The molecule has 0 aromatic heterocycles. The van der Waals surface area contributed by atoms with E-state index in [0.29, 0.717) is 19.3 Å². The molecule has 2 heteroatoms. The van der Waals surface area contributed by atoms with Crippen molar-refractivity contribution in [3.63, 3.8) is 0 Å². The lowest BCUT2D eigenvalue weighted by Crippen LogP contribution is -2.21. The molecule has 0 saturated carbocycles. The standard InChI is InChI=1S/C14H16O2/c1-3-5-13(16)11-14(8-4-2)9-6-12(15)7-10-14/h3-4,6-7,9-10H,1-2,5,8,11H2. The van der Waals surface area contributed by atoms with Gasteiger partial charge in [0.25, 0.3) is 0 Å². The lowest BCUT2D eigenvalue weighted by Gasteiger charge is -2.26. The number of Topliss-reactive ketones (excluding diaryl/α,β-unsaturated/α-hetero) is 1. The molecule has 0 heterocycles. The first-order chi connectivity index (χ1) is 7.62. The van der Waals surface area contributed by atoms with Crippen LogP contribution in [-0.2, 0) is 9.59 Å². The molecular formula is C14H16O2. The second-order valence-corrected chi connectivity index (χ2v) is 4.00. The van der Waals surface area contributed by atoms with Crippen LogP contribution < -0.4 is 0 Å². The van der Waals surface area contributed by atoms with Crippen LogP contribution >= 0.6 is 0 Å². The molecule has 0 spiro atoms. The van der Waals surface area contributed by atoms with Crippen LogP contribution in [0.4, 0.5) is 0 Å². The third-order valence-corrected chi connectivity index (χ3v) is 2.58. The van der Waals surface area contributed by atoms with Gasteiger partial charge in [-0.3, -0.25) is 9.59 Å².